The van der Waals surface area contributed by atoms with Gasteiger partial charge in [0, 0.05) is 45.0 Å². The van der Waals surface area contributed by atoms with Crippen LogP contribution in [-0.4, -0.2) is 47.8 Å². The Balaban J connectivity index is 1.53. The molecule has 27 heavy (non-hydrogen) atoms. The van der Waals surface area contributed by atoms with Crippen LogP contribution in [0.3, 0.4) is 0 Å². The van der Waals surface area contributed by atoms with Crippen LogP contribution < -0.4 is 15.5 Å². The molecule has 1 atom stereocenters. The molecule has 7 heteroatoms. The number of guanidine groups is 1. The standard InChI is InChI=1S/C20H28N6O/c1-14-18(15(2)25(4)24-14)10-11-22-20(21-3)23-16-12-19(27)26(13-16)17-8-6-5-7-9-17/h5-9,16H,10-13H2,1-4H3,(H2,21,22,23). The minimum atomic E-state index is 0.0470. The minimum absolute atomic E-state index is 0.0470. The lowest BCUT2D eigenvalue weighted by atomic mass is 10.1. The van der Waals surface area contributed by atoms with Crippen molar-refractivity contribution in [1.29, 1.82) is 0 Å². The summed E-state index contributed by atoms with van der Waals surface area (Å²) in [5, 5.41) is 11.2. The first kappa shape index (κ1) is 18.9. The van der Waals surface area contributed by atoms with E-state index in [1.54, 1.807) is 7.05 Å². The average Bonchev–Trinajstić information content (AvgIpc) is 3.15. The lowest BCUT2D eigenvalue weighted by Gasteiger charge is -2.19. The van der Waals surface area contributed by atoms with Crippen LogP contribution >= 0.6 is 0 Å². The molecule has 2 heterocycles. The van der Waals surface area contributed by atoms with Crippen molar-refractivity contribution in [3.05, 3.63) is 47.3 Å². The molecule has 1 aromatic carbocycles. The molecule has 144 valence electrons. The number of nitrogens with zero attached hydrogens (tertiary/aromatic N) is 4. The molecule has 7 nitrogen and oxygen atoms in total. The van der Waals surface area contributed by atoms with Crippen LogP contribution in [0, 0.1) is 13.8 Å². The number of aryl methyl sites for hydroxylation is 2. The molecule has 1 saturated heterocycles. The van der Waals surface area contributed by atoms with Crippen molar-refractivity contribution in [3.8, 4) is 0 Å². The molecule has 1 fully saturated rings. The van der Waals surface area contributed by atoms with Gasteiger partial charge < -0.3 is 15.5 Å². The second-order valence-corrected chi connectivity index (χ2v) is 6.91. The number of para-hydroxylation sites is 1. The van der Waals surface area contributed by atoms with Crippen LogP contribution in [0.25, 0.3) is 0 Å². The van der Waals surface area contributed by atoms with Crippen LogP contribution in [0.5, 0.6) is 0 Å². The van der Waals surface area contributed by atoms with Crippen molar-refractivity contribution in [3.63, 3.8) is 0 Å². The first-order chi connectivity index (χ1) is 13.0. The number of nitrogens with one attached hydrogen (secondary N) is 2. The van der Waals surface area contributed by atoms with Crippen molar-refractivity contribution in [2.75, 3.05) is 25.0 Å². The molecule has 0 bridgehead atoms. The topological polar surface area (TPSA) is 74.5 Å². The van der Waals surface area contributed by atoms with E-state index in [4.69, 9.17) is 0 Å². The summed E-state index contributed by atoms with van der Waals surface area (Å²) < 4.78 is 1.92. The Morgan fingerprint density at radius 1 is 1.30 bits per heavy atom. The summed E-state index contributed by atoms with van der Waals surface area (Å²) >= 11 is 0. The van der Waals surface area contributed by atoms with Crippen molar-refractivity contribution < 1.29 is 4.79 Å². The summed E-state index contributed by atoms with van der Waals surface area (Å²) in [7, 11) is 3.72. The van der Waals surface area contributed by atoms with Crippen LogP contribution in [-0.2, 0) is 18.3 Å². The number of amides is 1. The van der Waals surface area contributed by atoms with Gasteiger partial charge in [-0.05, 0) is 38.0 Å². The van der Waals surface area contributed by atoms with Crippen LogP contribution in [0.2, 0.25) is 0 Å². The van der Waals surface area contributed by atoms with Gasteiger partial charge in [-0.25, -0.2) is 0 Å². The molecular formula is C20H28N6O. The largest absolute Gasteiger partial charge is 0.356 e. The molecule has 1 aliphatic heterocycles. The summed E-state index contributed by atoms with van der Waals surface area (Å²) in [5.41, 5.74) is 4.47. The van der Waals surface area contributed by atoms with E-state index in [0.717, 1.165) is 30.3 Å². The number of benzene rings is 1. The number of rotatable bonds is 5. The Hall–Kier alpha value is -2.83. The quantitative estimate of drug-likeness (QED) is 0.620. The minimum Gasteiger partial charge on any atom is -0.356 e. The highest BCUT2D eigenvalue weighted by Crippen LogP contribution is 2.21. The van der Waals surface area contributed by atoms with Crippen molar-refractivity contribution in [2.45, 2.75) is 32.7 Å². The van der Waals surface area contributed by atoms with Gasteiger partial charge in [0.2, 0.25) is 5.91 Å². The Kier molecular flexibility index (Phi) is 5.78. The summed E-state index contributed by atoms with van der Waals surface area (Å²) in [5.74, 6) is 0.859. The third-order valence-electron chi connectivity index (χ3n) is 5.08. The summed E-state index contributed by atoms with van der Waals surface area (Å²) in [6.07, 6.45) is 1.35. The van der Waals surface area contributed by atoms with Gasteiger partial charge in [-0.1, -0.05) is 18.2 Å². The first-order valence-corrected chi connectivity index (χ1v) is 9.31. The summed E-state index contributed by atoms with van der Waals surface area (Å²) in [6.45, 7) is 5.53. The van der Waals surface area contributed by atoms with Gasteiger partial charge in [0.05, 0.1) is 11.7 Å². The Morgan fingerprint density at radius 2 is 2.04 bits per heavy atom. The third-order valence-corrected chi connectivity index (χ3v) is 5.08. The highest BCUT2D eigenvalue weighted by Gasteiger charge is 2.31. The maximum atomic E-state index is 12.3. The molecule has 1 unspecified atom stereocenters. The zero-order chi connectivity index (χ0) is 19.4. The molecule has 1 amide bonds. The van der Waals surface area contributed by atoms with Gasteiger partial charge >= 0.3 is 0 Å². The van der Waals surface area contributed by atoms with Crippen molar-refractivity contribution >= 4 is 17.6 Å². The third kappa shape index (κ3) is 4.30. The van der Waals surface area contributed by atoms with E-state index in [-0.39, 0.29) is 11.9 Å². The van der Waals surface area contributed by atoms with E-state index in [0.29, 0.717) is 13.0 Å². The van der Waals surface area contributed by atoms with E-state index in [1.807, 2.05) is 53.9 Å². The molecule has 1 aliphatic rings. The van der Waals surface area contributed by atoms with E-state index >= 15 is 0 Å². The Morgan fingerprint density at radius 3 is 2.67 bits per heavy atom. The second-order valence-electron chi connectivity index (χ2n) is 6.91. The number of aliphatic imine (C=N–C) groups is 1. The van der Waals surface area contributed by atoms with Crippen molar-refractivity contribution in [1.82, 2.24) is 20.4 Å². The molecule has 2 aromatic rings. The second kappa shape index (κ2) is 8.24. The molecule has 0 spiro atoms. The predicted molar refractivity (Wildman–Crippen MR) is 108 cm³/mol. The van der Waals surface area contributed by atoms with Crippen LogP contribution in [0.4, 0.5) is 5.69 Å². The highest BCUT2D eigenvalue weighted by molar-refractivity contribution is 5.97. The maximum absolute atomic E-state index is 12.3. The molecule has 2 N–H and O–H groups in total. The lowest BCUT2D eigenvalue weighted by Crippen LogP contribution is -2.45. The van der Waals surface area contributed by atoms with E-state index in [2.05, 4.69) is 27.6 Å². The Bertz CT molecular complexity index is 826. The van der Waals surface area contributed by atoms with E-state index in [1.165, 1.54) is 11.3 Å². The fourth-order valence-electron chi connectivity index (χ4n) is 3.53. The van der Waals surface area contributed by atoms with Gasteiger partial charge in [0.25, 0.3) is 0 Å². The SMILES string of the molecule is CN=C(NCCc1c(C)nn(C)c1C)NC1CC(=O)N(c2ccccc2)C1. The molecule has 3 rings (SSSR count). The van der Waals surface area contributed by atoms with Crippen LogP contribution in [0.1, 0.15) is 23.4 Å². The molecule has 0 radical (unpaired) electrons. The van der Waals surface area contributed by atoms with Crippen LogP contribution in [0.15, 0.2) is 35.3 Å². The van der Waals surface area contributed by atoms with E-state index < -0.39 is 0 Å². The highest BCUT2D eigenvalue weighted by atomic mass is 16.2. The normalized spacial score (nSPS) is 17.5. The lowest BCUT2D eigenvalue weighted by molar-refractivity contribution is -0.117. The first-order valence-electron chi connectivity index (χ1n) is 9.31. The molecule has 1 aromatic heterocycles. The fourth-order valence-corrected chi connectivity index (χ4v) is 3.53. The van der Waals surface area contributed by atoms with Gasteiger partial charge in [0.15, 0.2) is 5.96 Å². The zero-order valence-electron chi connectivity index (χ0n) is 16.5. The fraction of sp³-hybridized carbons (Fsp3) is 0.450. The van der Waals surface area contributed by atoms with Gasteiger partial charge in [-0.3, -0.25) is 14.5 Å². The predicted octanol–water partition coefficient (Wildman–Crippen LogP) is 1.55. The zero-order valence-corrected chi connectivity index (χ0v) is 16.5. The van der Waals surface area contributed by atoms with E-state index in [9.17, 15) is 4.79 Å². The number of aromatic nitrogens is 2. The Labute approximate surface area is 160 Å². The van der Waals surface area contributed by atoms with Gasteiger partial charge in [0.1, 0.15) is 0 Å². The summed E-state index contributed by atoms with van der Waals surface area (Å²) in [4.78, 5) is 18.5. The number of carbonyl (C=O) groups excluding carboxylic acids is 1. The summed E-state index contributed by atoms with van der Waals surface area (Å²) in [6, 6.07) is 9.83. The molecular weight excluding hydrogens is 340 g/mol. The maximum Gasteiger partial charge on any atom is 0.229 e. The van der Waals surface area contributed by atoms with Crippen molar-refractivity contribution in [2.24, 2.45) is 12.0 Å². The number of hydrogen-bond donors (Lipinski definition) is 2. The number of anilines is 1. The average molecular weight is 368 g/mol. The molecule has 0 aliphatic carbocycles. The smallest absolute Gasteiger partial charge is 0.229 e. The molecule has 0 saturated carbocycles. The number of carbonyl (C=O) groups is 1. The number of hydrogen-bond acceptors (Lipinski definition) is 3. The van der Waals surface area contributed by atoms with Gasteiger partial charge in [-0.2, -0.15) is 5.10 Å². The monoisotopic (exact) mass is 368 g/mol. The van der Waals surface area contributed by atoms with Gasteiger partial charge in [-0.15, -0.1) is 0 Å².